The summed E-state index contributed by atoms with van der Waals surface area (Å²) in [6.45, 7) is 8.37. The molecule has 2 N–H and O–H groups in total. The highest BCUT2D eigenvalue weighted by molar-refractivity contribution is 5.93. The van der Waals surface area contributed by atoms with Crippen molar-refractivity contribution in [2.24, 2.45) is 5.73 Å². The van der Waals surface area contributed by atoms with Crippen LogP contribution in [0.5, 0.6) is 0 Å². The van der Waals surface area contributed by atoms with Gasteiger partial charge in [0.15, 0.2) is 0 Å². The van der Waals surface area contributed by atoms with Gasteiger partial charge < -0.3 is 5.73 Å². The fourth-order valence-electron chi connectivity index (χ4n) is 1.89. The standard InChI is InChI=1S/C15H19N3O/c1-10-8-13(15(2,3)4)17-18(10)12-7-5-6-11(9-12)14(16)19/h5-9H,1-4H3,(H2,16,19). The van der Waals surface area contributed by atoms with Crippen LogP contribution in [0.2, 0.25) is 0 Å². The Balaban J connectivity index is 2.50. The van der Waals surface area contributed by atoms with E-state index in [9.17, 15) is 4.79 Å². The molecule has 4 heteroatoms. The molecule has 0 atom stereocenters. The predicted octanol–water partition coefficient (Wildman–Crippen LogP) is 2.58. The van der Waals surface area contributed by atoms with Gasteiger partial charge in [-0.05, 0) is 31.2 Å². The molecular formula is C15H19N3O. The molecule has 0 aliphatic carbocycles. The van der Waals surface area contributed by atoms with E-state index < -0.39 is 5.91 Å². The third kappa shape index (κ3) is 2.67. The maximum Gasteiger partial charge on any atom is 0.248 e. The Labute approximate surface area is 113 Å². The van der Waals surface area contributed by atoms with E-state index in [1.54, 1.807) is 12.1 Å². The lowest BCUT2D eigenvalue weighted by atomic mass is 9.92. The van der Waals surface area contributed by atoms with Gasteiger partial charge in [0.2, 0.25) is 5.91 Å². The van der Waals surface area contributed by atoms with Crippen LogP contribution in [0.3, 0.4) is 0 Å². The molecule has 1 amide bonds. The molecule has 1 aromatic heterocycles. The Bertz CT molecular complexity index is 621. The molecule has 4 nitrogen and oxygen atoms in total. The second-order valence-corrected chi connectivity index (χ2v) is 5.75. The van der Waals surface area contributed by atoms with Crippen molar-refractivity contribution in [2.45, 2.75) is 33.1 Å². The summed E-state index contributed by atoms with van der Waals surface area (Å²) < 4.78 is 1.84. The van der Waals surface area contributed by atoms with Gasteiger partial charge in [0.05, 0.1) is 11.4 Å². The fourth-order valence-corrected chi connectivity index (χ4v) is 1.89. The molecule has 0 saturated carbocycles. The van der Waals surface area contributed by atoms with Crippen molar-refractivity contribution in [1.82, 2.24) is 9.78 Å². The first-order valence-corrected chi connectivity index (χ1v) is 6.26. The smallest absolute Gasteiger partial charge is 0.248 e. The summed E-state index contributed by atoms with van der Waals surface area (Å²) in [6.07, 6.45) is 0. The van der Waals surface area contributed by atoms with Gasteiger partial charge in [0.1, 0.15) is 0 Å². The average molecular weight is 257 g/mol. The minimum absolute atomic E-state index is 0.00267. The maximum absolute atomic E-state index is 11.2. The molecule has 0 unspecified atom stereocenters. The Morgan fingerprint density at radius 3 is 2.47 bits per heavy atom. The molecule has 2 rings (SSSR count). The molecule has 0 bridgehead atoms. The van der Waals surface area contributed by atoms with Crippen molar-refractivity contribution in [3.05, 3.63) is 47.3 Å². The first kappa shape index (κ1) is 13.3. The SMILES string of the molecule is Cc1cc(C(C)(C)C)nn1-c1cccc(C(N)=O)c1. The number of benzene rings is 1. The van der Waals surface area contributed by atoms with Crippen molar-refractivity contribution >= 4 is 5.91 Å². The van der Waals surface area contributed by atoms with Gasteiger partial charge in [0.25, 0.3) is 0 Å². The minimum Gasteiger partial charge on any atom is -0.366 e. The highest BCUT2D eigenvalue weighted by Crippen LogP contribution is 2.23. The van der Waals surface area contributed by atoms with Crippen LogP contribution in [0.15, 0.2) is 30.3 Å². The monoisotopic (exact) mass is 257 g/mol. The van der Waals surface area contributed by atoms with E-state index in [-0.39, 0.29) is 5.41 Å². The molecule has 0 aliphatic heterocycles. The molecule has 0 fully saturated rings. The Kier molecular flexibility index (Phi) is 3.18. The van der Waals surface area contributed by atoms with Gasteiger partial charge >= 0.3 is 0 Å². The van der Waals surface area contributed by atoms with Gasteiger partial charge in [-0.1, -0.05) is 26.8 Å². The third-order valence-electron chi connectivity index (χ3n) is 3.03. The van der Waals surface area contributed by atoms with Crippen molar-refractivity contribution < 1.29 is 4.79 Å². The summed E-state index contributed by atoms with van der Waals surface area (Å²) in [5, 5.41) is 4.62. The molecule has 0 spiro atoms. The number of aromatic nitrogens is 2. The van der Waals surface area contributed by atoms with Gasteiger partial charge in [-0.2, -0.15) is 5.10 Å². The second kappa shape index (κ2) is 4.53. The Hall–Kier alpha value is -2.10. The van der Waals surface area contributed by atoms with E-state index >= 15 is 0 Å². The fraction of sp³-hybridized carbons (Fsp3) is 0.333. The van der Waals surface area contributed by atoms with E-state index in [0.717, 1.165) is 17.1 Å². The predicted molar refractivity (Wildman–Crippen MR) is 75.5 cm³/mol. The number of nitrogens with zero attached hydrogens (tertiary/aromatic N) is 2. The van der Waals surface area contributed by atoms with Crippen molar-refractivity contribution in [3.63, 3.8) is 0 Å². The molecule has 0 aliphatic rings. The van der Waals surface area contributed by atoms with Crippen LogP contribution in [0.25, 0.3) is 5.69 Å². The molecule has 100 valence electrons. The summed E-state index contributed by atoms with van der Waals surface area (Å²) in [5.74, 6) is -0.428. The Morgan fingerprint density at radius 2 is 1.95 bits per heavy atom. The highest BCUT2D eigenvalue weighted by atomic mass is 16.1. The van der Waals surface area contributed by atoms with Crippen LogP contribution < -0.4 is 5.73 Å². The van der Waals surface area contributed by atoms with Crippen LogP contribution in [0.1, 0.15) is 42.5 Å². The van der Waals surface area contributed by atoms with E-state index in [1.807, 2.05) is 23.7 Å². The number of carbonyl (C=O) groups is 1. The Morgan fingerprint density at radius 1 is 1.26 bits per heavy atom. The van der Waals surface area contributed by atoms with E-state index in [2.05, 4.69) is 31.9 Å². The average Bonchev–Trinajstić information content (AvgIpc) is 2.71. The van der Waals surface area contributed by atoms with Crippen molar-refractivity contribution in [1.29, 1.82) is 0 Å². The molecule has 0 saturated heterocycles. The van der Waals surface area contributed by atoms with Gasteiger partial charge in [-0.15, -0.1) is 0 Å². The number of primary amides is 1. The van der Waals surface area contributed by atoms with Crippen LogP contribution in [-0.4, -0.2) is 15.7 Å². The third-order valence-corrected chi connectivity index (χ3v) is 3.03. The molecule has 19 heavy (non-hydrogen) atoms. The molecule has 0 radical (unpaired) electrons. The summed E-state index contributed by atoms with van der Waals surface area (Å²) in [5.41, 5.74) is 8.70. The molecule has 2 aromatic rings. The van der Waals surface area contributed by atoms with Crippen LogP contribution in [0.4, 0.5) is 0 Å². The molecular weight excluding hydrogens is 238 g/mol. The number of nitrogens with two attached hydrogens (primary N) is 1. The quantitative estimate of drug-likeness (QED) is 0.898. The van der Waals surface area contributed by atoms with Crippen LogP contribution in [-0.2, 0) is 5.41 Å². The van der Waals surface area contributed by atoms with E-state index in [4.69, 9.17) is 5.73 Å². The topological polar surface area (TPSA) is 60.9 Å². The van der Waals surface area contributed by atoms with Crippen molar-refractivity contribution in [3.8, 4) is 5.69 Å². The lowest BCUT2D eigenvalue weighted by Gasteiger charge is -2.14. The second-order valence-electron chi connectivity index (χ2n) is 5.75. The maximum atomic E-state index is 11.2. The van der Waals surface area contributed by atoms with Crippen LogP contribution in [0, 0.1) is 6.92 Å². The number of hydrogen-bond donors (Lipinski definition) is 1. The number of hydrogen-bond acceptors (Lipinski definition) is 2. The molecule has 1 aromatic carbocycles. The first-order valence-electron chi connectivity index (χ1n) is 6.26. The first-order chi connectivity index (χ1) is 8.79. The van der Waals surface area contributed by atoms with Crippen molar-refractivity contribution in [2.75, 3.05) is 0 Å². The van der Waals surface area contributed by atoms with Gasteiger partial charge in [-0.25, -0.2) is 4.68 Å². The summed E-state index contributed by atoms with van der Waals surface area (Å²) in [7, 11) is 0. The zero-order valence-electron chi connectivity index (χ0n) is 11.8. The minimum atomic E-state index is -0.428. The number of aryl methyl sites for hydroxylation is 1. The van der Waals surface area contributed by atoms with E-state index in [1.165, 1.54) is 0 Å². The van der Waals surface area contributed by atoms with Crippen LogP contribution >= 0.6 is 0 Å². The molecule has 1 heterocycles. The number of amides is 1. The number of rotatable bonds is 2. The highest BCUT2D eigenvalue weighted by Gasteiger charge is 2.19. The summed E-state index contributed by atoms with van der Waals surface area (Å²) >= 11 is 0. The van der Waals surface area contributed by atoms with E-state index in [0.29, 0.717) is 5.56 Å². The summed E-state index contributed by atoms with van der Waals surface area (Å²) in [6, 6.07) is 9.26. The normalized spacial score (nSPS) is 11.6. The zero-order chi connectivity index (χ0) is 14.2. The zero-order valence-corrected chi connectivity index (χ0v) is 11.8. The largest absolute Gasteiger partial charge is 0.366 e. The number of carbonyl (C=O) groups excluding carboxylic acids is 1. The lowest BCUT2D eigenvalue weighted by Crippen LogP contribution is -2.13. The van der Waals surface area contributed by atoms with Gasteiger partial charge in [-0.3, -0.25) is 4.79 Å². The lowest BCUT2D eigenvalue weighted by molar-refractivity contribution is 0.1000. The summed E-state index contributed by atoms with van der Waals surface area (Å²) in [4.78, 5) is 11.2. The van der Waals surface area contributed by atoms with Gasteiger partial charge in [0, 0.05) is 16.7 Å².